The van der Waals surface area contributed by atoms with E-state index in [9.17, 15) is 5.11 Å². The molecule has 0 amide bonds. The number of aryl methyl sites for hydroxylation is 2. The van der Waals surface area contributed by atoms with Crippen LogP contribution in [0.2, 0.25) is 0 Å². The molecule has 0 saturated carbocycles. The topological polar surface area (TPSA) is 73.1 Å². The van der Waals surface area contributed by atoms with E-state index in [-0.39, 0.29) is 12.6 Å². The molecule has 0 saturated heterocycles. The first-order valence-electron chi connectivity index (χ1n) is 7.52. The maximum absolute atomic E-state index is 9.64. The Bertz CT molecular complexity index is 840. The molecule has 0 aliphatic rings. The van der Waals surface area contributed by atoms with Crippen LogP contribution in [0.25, 0.3) is 11.0 Å². The summed E-state index contributed by atoms with van der Waals surface area (Å²) in [5, 5.41) is 14.8. The Hall–Kier alpha value is -2.47. The van der Waals surface area contributed by atoms with Crippen LogP contribution in [-0.2, 0) is 6.61 Å². The number of hydrogen-bond acceptors (Lipinski definition) is 5. The second-order valence-corrected chi connectivity index (χ2v) is 5.61. The van der Waals surface area contributed by atoms with E-state index in [0.29, 0.717) is 28.4 Å². The first-order valence-corrected chi connectivity index (χ1v) is 7.52. The average Bonchev–Trinajstić information content (AvgIpc) is 2.92. The van der Waals surface area contributed by atoms with Gasteiger partial charge in [-0.25, -0.2) is 9.67 Å². The molecule has 1 N–H and O–H groups in total. The zero-order valence-corrected chi connectivity index (χ0v) is 13.7. The Labute approximate surface area is 134 Å². The third-order valence-corrected chi connectivity index (χ3v) is 3.97. The van der Waals surface area contributed by atoms with Crippen molar-refractivity contribution in [2.24, 2.45) is 0 Å². The average molecular weight is 312 g/mol. The Morgan fingerprint density at radius 2 is 1.87 bits per heavy atom. The Balaban J connectivity index is 2.21. The summed E-state index contributed by atoms with van der Waals surface area (Å²) in [6.45, 7) is 5.74. The molecule has 0 aliphatic carbocycles. The van der Waals surface area contributed by atoms with Crippen molar-refractivity contribution < 1.29 is 9.84 Å². The highest BCUT2D eigenvalue weighted by Gasteiger charge is 2.21. The minimum atomic E-state index is -0.188. The van der Waals surface area contributed by atoms with Crippen molar-refractivity contribution in [1.82, 2.24) is 19.7 Å². The molecule has 6 heteroatoms. The van der Waals surface area contributed by atoms with Crippen LogP contribution in [0.5, 0.6) is 5.88 Å². The van der Waals surface area contributed by atoms with Crippen LogP contribution in [0.3, 0.4) is 0 Å². The lowest BCUT2D eigenvalue weighted by molar-refractivity contribution is 0.275. The van der Waals surface area contributed by atoms with Gasteiger partial charge in [-0.1, -0.05) is 29.8 Å². The molecule has 1 atom stereocenters. The molecular formula is C17H20N4O2. The SMILES string of the molecule is COc1nc(C)nc2c1c(CO)nn2[C@@H](C)c1ccc(C)cc1. The van der Waals surface area contributed by atoms with Gasteiger partial charge >= 0.3 is 0 Å². The highest BCUT2D eigenvalue weighted by molar-refractivity contribution is 5.84. The van der Waals surface area contributed by atoms with Crippen LogP contribution >= 0.6 is 0 Å². The summed E-state index contributed by atoms with van der Waals surface area (Å²) >= 11 is 0. The van der Waals surface area contributed by atoms with Gasteiger partial charge in [0.2, 0.25) is 5.88 Å². The highest BCUT2D eigenvalue weighted by atomic mass is 16.5. The minimum absolute atomic E-state index is 0.0163. The smallest absolute Gasteiger partial charge is 0.228 e. The van der Waals surface area contributed by atoms with E-state index in [1.807, 2.05) is 11.6 Å². The zero-order valence-electron chi connectivity index (χ0n) is 13.7. The minimum Gasteiger partial charge on any atom is -0.480 e. The fraction of sp³-hybridized carbons (Fsp3) is 0.353. The molecular weight excluding hydrogens is 292 g/mol. The van der Waals surface area contributed by atoms with Crippen molar-refractivity contribution in [3.05, 3.63) is 46.9 Å². The van der Waals surface area contributed by atoms with Crippen molar-refractivity contribution in [2.75, 3.05) is 7.11 Å². The number of aliphatic hydroxyl groups excluding tert-OH is 1. The number of nitrogens with zero attached hydrogens (tertiary/aromatic N) is 4. The maximum Gasteiger partial charge on any atom is 0.228 e. The zero-order chi connectivity index (χ0) is 16.6. The number of rotatable bonds is 4. The molecule has 23 heavy (non-hydrogen) atoms. The van der Waals surface area contributed by atoms with Crippen LogP contribution in [0.15, 0.2) is 24.3 Å². The van der Waals surface area contributed by atoms with Gasteiger partial charge in [0, 0.05) is 0 Å². The molecule has 0 unspecified atom stereocenters. The number of hydrogen-bond donors (Lipinski definition) is 1. The molecule has 3 aromatic rings. The third-order valence-electron chi connectivity index (χ3n) is 3.97. The van der Waals surface area contributed by atoms with Gasteiger partial charge in [0.15, 0.2) is 5.65 Å². The number of fused-ring (bicyclic) bond motifs is 1. The van der Waals surface area contributed by atoms with Crippen LogP contribution in [-0.4, -0.2) is 32.0 Å². The Morgan fingerprint density at radius 3 is 2.48 bits per heavy atom. The first-order chi connectivity index (χ1) is 11.0. The van der Waals surface area contributed by atoms with Crippen molar-refractivity contribution in [3.8, 4) is 5.88 Å². The molecule has 0 bridgehead atoms. The second-order valence-electron chi connectivity index (χ2n) is 5.61. The number of benzene rings is 1. The molecule has 0 radical (unpaired) electrons. The van der Waals surface area contributed by atoms with Gasteiger partial charge in [0.25, 0.3) is 0 Å². The summed E-state index contributed by atoms with van der Waals surface area (Å²) in [6, 6.07) is 8.29. The number of aromatic nitrogens is 4. The van der Waals surface area contributed by atoms with E-state index in [2.05, 4.69) is 53.2 Å². The lowest BCUT2D eigenvalue weighted by Gasteiger charge is -2.14. The van der Waals surface area contributed by atoms with Crippen molar-refractivity contribution in [3.63, 3.8) is 0 Å². The third kappa shape index (κ3) is 2.66. The standard InChI is InChI=1S/C17H20N4O2/c1-10-5-7-13(8-6-10)11(2)21-16-15(14(9-22)20-21)17(23-4)19-12(3)18-16/h5-8,11,22H,9H2,1-4H3/t11-/m0/s1. The normalized spacial score (nSPS) is 12.6. The summed E-state index contributed by atoms with van der Waals surface area (Å²) in [7, 11) is 1.56. The van der Waals surface area contributed by atoms with Crippen molar-refractivity contribution >= 4 is 11.0 Å². The van der Waals surface area contributed by atoms with Crippen LogP contribution < -0.4 is 4.74 Å². The van der Waals surface area contributed by atoms with Gasteiger partial charge in [0.05, 0.1) is 19.8 Å². The number of ether oxygens (including phenoxy) is 1. The number of methoxy groups -OCH3 is 1. The molecule has 1 aromatic carbocycles. The molecule has 2 aromatic heterocycles. The van der Waals surface area contributed by atoms with E-state index < -0.39 is 0 Å². The Morgan fingerprint density at radius 1 is 1.17 bits per heavy atom. The fourth-order valence-electron chi connectivity index (χ4n) is 2.69. The van der Waals surface area contributed by atoms with Crippen LogP contribution in [0.4, 0.5) is 0 Å². The predicted octanol–water partition coefficient (Wildman–Crippen LogP) is 2.55. The molecule has 2 heterocycles. The summed E-state index contributed by atoms with van der Waals surface area (Å²) in [5.74, 6) is 1.05. The molecule has 6 nitrogen and oxygen atoms in total. The summed E-state index contributed by atoms with van der Waals surface area (Å²) in [5.41, 5.74) is 3.53. The van der Waals surface area contributed by atoms with Crippen molar-refractivity contribution in [1.29, 1.82) is 0 Å². The van der Waals surface area contributed by atoms with Gasteiger partial charge in [-0.2, -0.15) is 10.1 Å². The monoisotopic (exact) mass is 312 g/mol. The highest BCUT2D eigenvalue weighted by Crippen LogP contribution is 2.30. The van der Waals surface area contributed by atoms with E-state index >= 15 is 0 Å². The predicted molar refractivity (Wildman–Crippen MR) is 87.5 cm³/mol. The van der Waals surface area contributed by atoms with E-state index in [1.54, 1.807) is 7.11 Å². The summed E-state index contributed by atoms with van der Waals surface area (Å²) in [4.78, 5) is 8.80. The lowest BCUT2D eigenvalue weighted by atomic mass is 10.1. The lowest BCUT2D eigenvalue weighted by Crippen LogP contribution is -2.10. The van der Waals surface area contributed by atoms with E-state index in [4.69, 9.17) is 4.74 Å². The van der Waals surface area contributed by atoms with Crippen LogP contribution in [0, 0.1) is 13.8 Å². The maximum atomic E-state index is 9.64. The van der Waals surface area contributed by atoms with Crippen molar-refractivity contribution in [2.45, 2.75) is 33.4 Å². The fourth-order valence-corrected chi connectivity index (χ4v) is 2.69. The summed E-state index contributed by atoms with van der Waals surface area (Å²) in [6.07, 6.45) is 0. The number of aliphatic hydroxyl groups is 1. The van der Waals surface area contributed by atoms with Gasteiger partial charge in [-0.3, -0.25) is 0 Å². The molecule has 0 spiro atoms. The first kappa shape index (κ1) is 15.4. The van der Waals surface area contributed by atoms with Gasteiger partial charge in [-0.05, 0) is 26.3 Å². The van der Waals surface area contributed by atoms with E-state index in [1.165, 1.54) is 5.56 Å². The van der Waals surface area contributed by atoms with E-state index in [0.717, 1.165) is 5.56 Å². The second kappa shape index (κ2) is 5.96. The summed E-state index contributed by atoms with van der Waals surface area (Å²) < 4.78 is 7.17. The Kier molecular flexibility index (Phi) is 4.00. The van der Waals surface area contributed by atoms with Gasteiger partial charge < -0.3 is 9.84 Å². The molecule has 120 valence electrons. The molecule has 0 fully saturated rings. The van der Waals surface area contributed by atoms with Gasteiger partial charge in [-0.15, -0.1) is 0 Å². The van der Waals surface area contributed by atoms with Crippen LogP contribution in [0.1, 0.15) is 35.6 Å². The molecule has 0 aliphatic heterocycles. The van der Waals surface area contributed by atoms with Gasteiger partial charge in [0.1, 0.15) is 16.9 Å². The quantitative estimate of drug-likeness (QED) is 0.801. The largest absolute Gasteiger partial charge is 0.480 e. The molecule has 3 rings (SSSR count).